The van der Waals surface area contributed by atoms with Crippen LogP contribution >= 0.6 is 15.8 Å². The molecule has 0 aliphatic carbocycles. The van der Waals surface area contributed by atoms with Gasteiger partial charge < -0.3 is 15.4 Å². The molecule has 0 N–H and O–H groups in total. The molecule has 309 valence electrons. The topological polar surface area (TPSA) is 54.5 Å². The van der Waals surface area contributed by atoms with Gasteiger partial charge in [-0.2, -0.15) is 6.20 Å². The second-order valence-electron chi connectivity index (χ2n) is 14.4. The maximum absolute atomic E-state index is 11.6. The van der Waals surface area contributed by atoms with Gasteiger partial charge in [0.05, 0.1) is 49.7 Å². The zero-order valence-corrected chi connectivity index (χ0v) is 38.7. The monoisotopic (exact) mass is 927 g/mol. The Kier molecular flexibility index (Phi) is 19.4. The van der Waals surface area contributed by atoms with E-state index in [-0.39, 0.29) is 31.5 Å². The number of aryl methyl sites for hydroxylation is 2. The minimum Gasteiger partial charge on any atom is -0.687 e. The van der Waals surface area contributed by atoms with E-state index < -0.39 is 15.8 Å². The van der Waals surface area contributed by atoms with Crippen molar-refractivity contribution in [2.75, 3.05) is 26.0 Å². The van der Waals surface area contributed by atoms with E-state index in [0.717, 1.165) is 23.4 Å². The molecule has 0 saturated carbocycles. The maximum atomic E-state index is 11.6. The normalized spacial score (nSPS) is 11.3. The number of hydrogen-bond donors (Lipinski definition) is 0. The fourth-order valence-electron chi connectivity index (χ4n) is 6.88. The van der Waals surface area contributed by atoms with E-state index in [2.05, 4.69) is 189 Å². The van der Waals surface area contributed by atoms with Crippen molar-refractivity contribution < 1.29 is 29.0 Å². The Bertz CT molecular complexity index is 2140. The van der Waals surface area contributed by atoms with Gasteiger partial charge in [0.15, 0.2) is 0 Å². The summed E-state index contributed by atoms with van der Waals surface area (Å²) in [6, 6.07) is 68.5. The van der Waals surface area contributed by atoms with Crippen molar-refractivity contribution >= 4 is 48.7 Å². The van der Waals surface area contributed by atoms with E-state index in [4.69, 9.17) is 10.1 Å². The molecule has 1 aliphatic heterocycles. The number of allylic oxidation sites excluding steroid dienone is 2. The first-order chi connectivity index (χ1) is 29.5. The van der Waals surface area contributed by atoms with Crippen LogP contribution in [0.1, 0.15) is 38.7 Å². The van der Waals surface area contributed by atoms with Gasteiger partial charge in [-0.05, 0) is 74.5 Å². The van der Waals surface area contributed by atoms with Crippen molar-refractivity contribution in [3.8, 4) is 0 Å². The molecule has 7 aromatic carbocycles. The molecule has 4 nitrogen and oxygen atoms in total. The Morgan fingerprint density at radius 3 is 1.25 bits per heavy atom. The summed E-state index contributed by atoms with van der Waals surface area (Å²) in [5.41, 5.74) is 6.06. The molecule has 61 heavy (non-hydrogen) atoms. The fourth-order valence-corrected chi connectivity index (χ4v) is 13.1. The number of esters is 1. The van der Waals surface area contributed by atoms with Crippen LogP contribution in [-0.2, 0) is 24.2 Å². The number of carbonyl (C=O) groups is 1. The number of methoxy groups -OCH3 is 1. The summed E-state index contributed by atoms with van der Waals surface area (Å²) in [6.07, 6.45) is 10.3. The summed E-state index contributed by atoms with van der Waals surface area (Å²) in [7, 11) is -0.186. The van der Waals surface area contributed by atoms with E-state index >= 15 is 0 Å². The van der Waals surface area contributed by atoms with Gasteiger partial charge in [-0.15, -0.1) is 18.3 Å². The summed E-state index contributed by atoms with van der Waals surface area (Å²) >= 11 is 0. The fraction of sp³-hybridized carbons (Fsp3) is 0.130. The van der Waals surface area contributed by atoms with Gasteiger partial charge in [0.2, 0.25) is 0 Å². The zero-order valence-electron chi connectivity index (χ0n) is 35.0. The average molecular weight is 928 g/mol. The van der Waals surface area contributed by atoms with Crippen LogP contribution in [0.2, 0.25) is 0 Å². The third-order valence-corrected chi connectivity index (χ3v) is 16.2. The van der Waals surface area contributed by atoms with Crippen LogP contribution in [-0.4, -0.2) is 31.9 Å². The van der Waals surface area contributed by atoms with Gasteiger partial charge in [-0.3, -0.25) is 0 Å². The largest absolute Gasteiger partial charge is 2.00 e. The standard InChI is InChI=1S/C26H24P2.C23H23NO2.C5H6N.Rh/c1-5-13-23(14-6-1)27(24-15-7-2-8-16-24)21-22-28(25-17-9-3-10-18-25)26-19-11-4-12-20-26;1-16-4-8-18(9-5-16)22(19-10-6-17(2)7-11-19)24-21-14-12-20(13-15-21)23(25)26-3;1-2-4-6-5-3-1;/h1-20H,21-22H2;4-15,22H,1-3H3,(H,24,25);1-4H,5H2;/q;;-1;+2/p+1. The van der Waals surface area contributed by atoms with E-state index in [1.54, 1.807) is 18.3 Å². The number of ether oxygens (including phenoxy) is 1. The van der Waals surface area contributed by atoms with Crippen LogP contribution in [0, 0.1) is 13.8 Å². The summed E-state index contributed by atoms with van der Waals surface area (Å²) in [5.74, 6) is -0.342. The quantitative estimate of drug-likeness (QED) is 0.0696. The number of benzene rings is 7. The first-order valence-corrected chi connectivity index (χ1v) is 23.8. The SMILES string of the molecule is C1=CC[N-]C=C1.COC(=O)c1ccc([N-]C(c2ccc(C)cc2)c2ccc(C)cc2)cc1.[Rh+2].c1ccc([PH+](CC[PH+](c2ccccc2)c2ccccc2)c2ccccc2)cc1. The third kappa shape index (κ3) is 14.6. The Labute approximate surface area is 378 Å². The number of hydrogen-bond acceptors (Lipinski definition) is 2. The zero-order chi connectivity index (χ0) is 41.8. The summed E-state index contributed by atoms with van der Waals surface area (Å²) in [5, 5.41) is 14.9. The predicted octanol–water partition coefficient (Wildman–Crippen LogP) is 12.0. The van der Waals surface area contributed by atoms with Gasteiger partial charge in [0.1, 0.15) is 12.3 Å². The van der Waals surface area contributed by atoms with Crippen LogP contribution in [0.4, 0.5) is 5.69 Å². The molecule has 0 aromatic heterocycles. The second kappa shape index (κ2) is 25.4. The van der Waals surface area contributed by atoms with Gasteiger partial charge in [-0.25, -0.2) is 4.79 Å². The van der Waals surface area contributed by atoms with E-state index in [1.807, 2.05) is 30.4 Å². The summed E-state index contributed by atoms with van der Waals surface area (Å²) in [6.45, 7) is 5.01. The smallest absolute Gasteiger partial charge is 0.687 e. The van der Waals surface area contributed by atoms with Crippen molar-refractivity contribution in [3.63, 3.8) is 0 Å². The van der Waals surface area contributed by atoms with Crippen molar-refractivity contribution in [1.29, 1.82) is 0 Å². The molecule has 1 heterocycles. The van der Waals surface area contributed by atoms with E-state index in [1.165, 1.54) is 51.8 Å². The van der Waals surface area contributed by atoms with Crippen molar-refractivity contribution in [2.24, 2.45) is 0 Å². The number of nitrogens with zero attached hydrogens (tertiary/aromatic N) is 2. The molecule has 8 rings (SSSR count). The molecule has 0 saturated heterocycles. The van der Waals surface area contributed by atoms with Crippen molar-refractivity contribution in [2.45, 2.75) is 19.9 Å². The molecule has 1 aliphatic rings. The Morgan fingerprint density at radius 2 is 0.951 bits per heavy atom. The molecular weight excluding hydrogens is 873 g/mol. The molecule has 0 spiro atoms. The molecule has 0 amide bonds. The molecule has 7 heteroatoms. The molecule has 1 radical (unpaired) electrons. The summed E-state index contributed by atoms with van der Waals surface area (Å²) in [4.78, 5) is 11.6. The Balaban J connectivity index is 0.000000200. The maximum Gasteiger partial charge on any atom is 2.00 e. The van der Waals surface area contributed by atoms with Gasteiger partial charge in [0.25, 0.3) is 0 Å². The average Bonchev–Trinajstić information content (AvgIpc) is 3.32. The third-order valence-electron chi connectivity index (χ3n) is 10.1. The van der Waals surface area contributed by atoms with Crippen LogP contribution in [0.5, 0.6) is 0 Å². The minimum atomic E-state index is -0.783. The van der Waals surface area contributed by atoms with Crippen LogP contribution < -0.4 is 21.2 Å². The molecule has 0 atom stereocenters. The number of carbonyl (C=O) groups excluding carboxylic acids is 1. The van der Waals surface area contributed by atoms with Crippen molar-refractivity contribution in [3.05, 3.63) is 257 Å². The second-order valence-corrected chi connectivity index (χ2v) is 19.7. The van der Waals surface area contributed by atoms with Crippen LogP contribution in [0.3, 0.4) is 0 Å². The first kappa shape index (κ1) is 46.6. The summed E-state index contributed by atoms with van der Waals surface area (Å²) < 4.78 is 4.75. The van der Waals surface area contributed by atoms with Crippen LogP contribution in [0.25, 0.3) is 10.6 Å². The van der Waals surface area contributed by atoms with Crippen LogP contribution in [0.15, 0.2) is 219 Å². The van der Waals surface area contributed by atoms with Gasteiger partial charge in [0, 0.05) is 0 Å². The molecule has 0 bridgehead atoms. The predicted molar refractivity (Wildman–Crippen MR) is 262 cm³/mol. The Hall–Kier alpha value is -5.43. The van der Waals surface area contributed by atoms with E-state index in [0.29, 0.717) is 5.56 Å². The molecule has 0 unspecified atom stereocenters. The van der Waals surface area contributed by atoms with Gasteiger partial charge >= 0.3 is 25.4 Å². The number of rotatable bonds is 12. The molecule has 7 aromatic rings. The van der Waals surface area contributed by atoms with Crippen molar-refractivity contribution in [1.82, 2.24) is 0 Å². The van der Waals surface area contributed by atoms with Gasteiger partial charge in [-0.1, -0.05) is 174 Å². The minimum absolute atomic E-state index is 0. The molecular formula is C54H54N2O2P2Rh+2. The Morgan fingerprint density at radius 1 is 0.557 bits per heavy atom. The molecule has 0 fully saturated rings. The first-order valence-electron chi connectivity index (χ1n) is 20.4. The van der Waals surface area contributed by atoms with E-state index in [9.17, 15) is 4.79 Å².